The summed E-state index contributed by atoms with van der Waals surface area (Å²) >= 11 is 0. The predicted octanol–water partition coefficient (Wildman–Crippen LogP) is 2.40. The Morgan fingerprint density at radius 1 is 1.20 bits per heavy atom. The molecule has 0 aliphatic carbocycles. The number of esters is 1. The first kappa shape index (κ1) is 17.4. The molecule has 0 N–H and O–H groups in total. The van der Waals surface area contributed by atoms with Crippen LogP contribution >= 0.6 is 0 Å². The maximum absolute atomic E-state index is 12.5. The van der Waals surface area contributed by atoms with E-state index < -0.39 is 12.1 Å². The smallest absolute Gasteiger partial charge is 0.338 e. The van der Waals surface area contributed by atoms with Crippen LogP contribution in [0.1, 0.15) is 49.9 Å². The van der Waals surface area contributed by atoms with E-state index in [1.54, 1.807) is 34.7 Å². The van der Waals surface area contributed by atoms with Gasteiger partial charge in [0.05, 0.1) is 11.1 Å². The number of rotatable bonds is 4. The van der Waals surface area contributed by atoms with Gasteiger partial charge in [-0.15, -0.1) is 5.10 Å². The topological polar surface area (TPSA) is 77.3 Å². The van der Waals surface area contributed by atoms with Crippen LogP contribution in [0.3, 0.4) is 0 Å². The monoisotopic (exact) mass is 344 g/mol. The molecule has 134 valence electrons. The number of ether oxygens (including phenoxy) is 1. The first-order valence-corrected chi connectivity index (χ1v) is 8.93. The number of carbonyl (C=O) groups excluding carboxylic acids is 2. The van der Waals surface area contributed by atoms with E-state index in [0.717, 1.165) is 44.3 Å². The minimum atomic E-state index is -0.785. The minimum absolute atomic E-state index is 0.117. The highest BCUT2D eigenvalue weighted by molar-refractivity contribution is 5.95. The number of likely N-dealkylation sites (tertiary alicyclic amines) is 1. The summed E-state index contributed by atoms with van der Waals surface area (Å²) < 4.78 is 7.15. The fraction of sp³-hybridized carbons (Fsp3) is 0.556. The Morgan fingerprint density at radius 3 is 2.60 bits per heavy atom. The third kappa shape index (κ3) is 3.81. The van der Waals surface area contributed by atoms with Gasteiger partial charge in [-0.25, -0.2) is 9.48 Å². The van der Waals surface area contributed by atoms with Crippen molar-refractivity contribution in [2.24, 2.45) is 0 Å². The molecule has 1 saturated heterocycles. The highest BCUT2D eigenvalue weighted by Gasteiger charge is 2.25. The fourth-order valence-electron chi connectivity index (χ4n) is 3.16. The van der Waals surface area contributed by atoms with Crippen LogP contribution in [0.15, 0.2) is 18.2 Å². The van der Waals surface area contributed by atoms with Crippen LogP contribution in [0, 0.1) is 0 Å². The Hall–Kier alpha value is -2.44. The Labute approximate surface area is 146 Å². The molecule has 7 heteroatoms. The Balaban J connectivity index is 1.67. The number of carbonyl (C=O) groups is 2. The zero-order chi connectivity index (χ0) is 17.8. The molecule has 1 unspecified atom stereocenters. The second-order valence-corrected chi connectivity index (χ2v) is 6.40. The summed E-state index contributed by atoms with van der Waals surface area (Å²) in [5.74, 6) is -0.628. The zero-order valence-electron chi connectivity index (χ0n) is 14.8. The standard InChI is InChI=1S/C18H24N4O3/c1-3-22-16-9-8-14(12-15(16)19-20-22)18(24)25-13(2)17(23)21-10-6-4-5-7-11-21/h8-9,12-13H,3-7,10-11H2,1-2H3. The van der Waals surface area contributed by atoms with Crippen molar-refractivity contribution in [3.05, 3.63) is 23.8 Å². The van der Waals surface area contributed by atoms with Gasteiger partial charge in [0.15, 0.2) is 6.10 Å². The van der Waals surface area contributed by atoms with Gasteiger partial charge in [-0.1, -0.05) is 18.1 Å². The number of nitrogens with zero attached hydrogens (tertiary/aromatic N) is 4. The molecule has 1 aromatic heterocycles. The fourth-order valence-corrected chi connectivity index (χ4v) is 3.16. The normalized spacial score (nSPS) is 16.5. The van der Waals surface area contributed by atoms with Crippen molar-refractivity contribution in [1.82, 2.24) is 19.9 Å². The second-order valence-electron chi connectivity index (χ2n) is 6.40. The number of aromatic nitrogens is 3. The maximum Gasteiger partial charge on any atom is 0.338 e. The Morgan fingerprint density at radius 2 is 1.92 bits per heavy atom. The molecule has 0 radical (unpaired) electrons. The molecule has 1 aromatic carbocycles. The highest BCUT2D eigenvalue weighted by atomic mass is 16.5. The van der Waals surface area contributed by atoms with Gasteiger partial charge in [0, 0.05) is 19.6 Å². The molecule has 2 heterocycles. The molecular weight excluding hydrogens is 320 g/mol. The van der Waals surface area contributed by atoms with Gasteiger partial charge in [-0.05, 0) is 44.9 Å². The lowest BCUT2D eigenvalue weighted by molar-refractivity contribution is -0.139. The molecule has 2 aromatic rings. The third-order valence-electron chi connectivity index (χ3n) is 4.60. The molecule has 0 bridgehead atoms. The molecule has 1 aliphatic heterocycles. The number of aryl methyl sites for hydroxylation is 1. The minimum Gasteiger partial charge on any atom is -0.449 e. The van der Waals surface area contributed by atoms with Crippen molar-refractivity contribution in [2.75, 3.05) is 13.1 Å². The molecule has 1 aliphatic rings. The summed E-state index contributed by atoms with van der Waals surface area (Å²) in [4.78, 5) is 26.7. The highest BCUT2D eigenvalue weighted by Crippen LogP contribution is 2.16. The molecule has 0 spiro atoms. The van der Waals surface area contributed by atoms with Gasteiger partial charge < -0.3 is 9.64 Å². The van der Waals surface area contributed by atoms with Crippen LogP contribution in [0.25, 0.3) is 11.0 Å². The second kappa shape index (κ2) is 7.63. The lowest BCUT2D eigenvalue weighted by atomic mass is 10.2. The van der Waals surface area contributed by atoms with Crippen LogP contribution in [-0.2, 0) is 16.1 Å². The van der Waals surface area contributed by atoms with Crippen molar-refractivity contribution in [3.8, 4) is 0 Å². The van der Waals surface area contributed by atoms with E-state index >= 15 is 0 Å². The number of hydrogen-bond acceptors (Lipinski definition) is 5. The largest absolute Gasteiger partial charge is 0.449 e. The average Bonchev–Trinajstić information content (AvgIpc) is 2.84. The van der Waals surface area contributed by atoms with Gasteiger partial charge in [0.1, 0.15) is 5.52 Å². The van der Waals surface area contributed by atoms with Crippen molar-refractivity contribution in [2.45, 2.75) is 52.2 Å². The van der Waals surface area contributed by atoms with Crippen LogP contribution < -0.4 is 0 Å². The summed E-state index contributed by atoms with van der Waals surface area (Å²) in [7, 11) is 0. The average molecular weight is 344 g/mol. The lowest BCUT2D eigenvalue weighted by Gasteiger charge is -2.24. The zero-order valence-corrected chi connectivity index (χ0v) is 14.8. The summed E-state index contributed by atoms with van der Waals surface area (Å²) in [6, 6.07) is 5.14. The van der Waals surface area contributed by atoms with Crippen molar-refractivity contribution >= 4 is 22.9 Å². The maximum atomic E-state index is 12.5. The van der Waals surface area contributed by atoms with Gasteiger partial charge >= 0.3 is 5.97 Å². The number of amides is 1. The van der Waals surface area contributed by atoms with Crippen LogP contribution in [0.4, 0.5) is 0 Å². The molecule has 7 nitrogen and oxygen atoms in total. The quantitative estimate of drug-likeness (QED) is 0.796. The van der Waals surface area contributed by atoms with Crippen LogP contribution in [0.5, 0.6) is 0 Å². The van der Waals surface area contributed by atoms with E-state index in [0.29, 0.717) is 17.6 Å². The van der Waals surface area contributed by atoms with Crippen molar-refractivity contribution in [1.29, 1.82) is 0 Å². The lowest BCUT2D eigenvalue weighted by Crippen LogP contribution is -2.40. The Kier molecular flexibility index (Phi) is 5.31. The molecule has 3 rings (SSSR count). The number of hydrogen-bond donors (Lipinski definition) is 0. The summed E-state index contributed by atoms with van der Waals surface area (Å²) in [5.41, 5.74) is 1.89. The molecule has 0 saturated carbocycles. The molecule has 1 atom stereocenters. The summed E-state index contributed by atoms with van der Waals surface area (Å²) in [5, 5.41) is 8.09. The van der Waals surface area contributed by atoms with Gasteiger partial charge in [0.2, 0.25) is 0 Å². The van der Waals surface area contributed by atoms with Gasteiger partial charge in [0.25, 0.3) is 5.91 Å². The number of fused-ring (bicyclic) bond motifs is 1. The number of benzene rings is 1. The van der Waals surface area contributed by atoms with E-state index in [1.807, 2.05) is 6.92 Å². The molecule has 1 amide bonds. The van der Waals surface area contributed by atoms with E-state index in [4.69, 9.17) is 4.74 Å². The first-order chi connectivity index (χ1) is 12.1. The molecule has 1 fully saturated rings. The van der Waals surface area contributed by atoms with E-state index in [9.17, 15) is 9.59 Å². The van der Waals surface area contributed by atoms with Crippen molar-refractivity contribution in [3.63, 3.8) is 0 Å². The first-order valence-electron chi connectivity index (χ1n) is 8.93. The predicted molar refractivity (Wildman–Crippen MR) is 93.1 cm³/mol. The summed E-state index contributed by atoms with van der Waals surface area (Å²) in [6.07, 6.45) is 3.53. The SMILES string of the molecule is CCn1nnc2cc(C(=O)OC(C)C(=O)N3CCCCCC3)ccc21. The summed E-state index contributed by atoms with van der Waals surface area (Å²) in [6.45, 7) is 5.81. The molecular formula is C18H24N4O3. The molecule has 25 heavy (non-hydrogen) atoms. The van der Waals surface area contributed by atoms with Gasteiger partial charge in [-0.3, -0.25) is 4.79 Å². The van der Waals surface area contributed by atoms with E-state index in [-0.39, 0.29) is 5.91 Å². The Bertz CT molecular complexity index is 763. The van der Waals surface area contributed by atoms with Crippen molar-refractivity contribution < 1.29 is 14.3 Å². The van der Waals surface area contributed by atoms with Crippen LogP contribution in [-0.4, -0.2) is 51.0 Å². The van der Waals surface area contributed by atoms with E-state index in [1.165, 1.54) is 0 Å². The van der Waals surface area contributed by atoms with E-state index in [2.05, 4.69) is 10.3 Å². The third-order valence-corrected chi connectivity index (χ3v) is 4.60. The van der Waals surface area contributed by atoms with Gasteiger partial charge in [-0.2, -0.15) is 0 Å². The van der Waals surface area contributed by atoms with Crippen LogP contribution in [0.2, 0.25) is 0 Å².